The normalized spacial score (nSPS) is 17.6. The Labute approximate surface area is 158 Å². The van der Waals surface area contributed by atoms with Gasteiger partial charge in [-0.3, -0.25) is 9.19 Å². The molecule has 1 aliphatic carbocycles. The third-order valence-electron chi connectivity index (χ3n) is 4.92. The summed E-state index contributed by atoms with van der Waals surface area (Å²) in [6, 6.07) is 2.81. The maximum atomic E-state index is 13.9. The highest BCUT2D eigenvalue weighted by Crippen LogP contribution is 2.40. The Hall–Kier alpha value is -2.48. The first-order chi connectivity index (χ1) is 13.0. The second kappa shape index (κ2) is 6.92. The summed E-state index contributed by atoms with van der Waals surface area (Å²) in [5.74, 6) is 0.435. The van der Waals surface area contributed by atoms with E-state index in [1.165, 1.54) is 19.2 Å². The molecule has 0 radical (unpaired) electrons. The van der Waals surface area contributed by atoms with Crippen LogP contribution < -0.4 is 9.47 Å². The van der Waals surface area contributed by atoms with Gasteiger partial charge in [0.05, 0.1) is 47.0 Å². The van der Waals surface area contributed by atoms with Crippen molar-refractivity contribution in [3.8, 4) is 11.5 Å². The molecule has 1 aliphatic rings. The molecule has 8 heteroatoms. The minimum atomic E-state index is -1.44. The van der Waals surface area contributed by atoms with Gasteiger partial charge in [0.1, 0.15) is 5.75 Å². The molecule has 1 N–H and O–H groups in total. The van der Waals surface area contributed by atoms with Gasteiger partial charge in [-0.15, -0.1) is 0 Å². The van der Waals surface area contributed by atoms with Gasteiger partial charge in [-0.1, -0.05) is 0 Å². The van der Waals surface area contributed by atoms with E-state index in [-0.39, 0.29) is 11.0 Å². The fourth-order valence-corrected chi connectivity index (χ4v) is 5.10. The number of methoxy groups -OCH3 is 2. The number of fused-ring (bicyclic) bond motifs is 2. The number of halogens is 1. The van der Waals surface area contributed by atoms with Crippen LogP contribution in [0.15, 0.2) is 23.5 Å². The van der Waals surface area contributed by atoms with Gasteiger partial charge in [-0.2, -0.15) is 0 Å². The van der Waals surface area contributed by atoms with Gasteiger partial charge >= 0.3 is 0 Å². The Morgan fingerprint density at radius 1 is 1.30 bits per heavy atom. The minimum Gasteiger partial charge on any atom is -0.496 e. The predicted octanol–water partition coefficient (Wildman–Crippen LogP) is 3.61. The number of hydrogen-bond donors (Lipinski definition) is 1. The summed E-state index contributed by atoms with van der Waals surface area (Å²) in [7, 11) is 1.60. The summed E-state index contributed by atoms with van der Waals surface area (Å²) in [5.41, 5.74) is 3.79. The van der Waals surface area contributed by atoms with Crippen molar-refractivity contribution in [3.05, 3.63) is 41.0 Å². The molecule has 2 heterocycles. The van der Waals surface area contributed by atoms with E-state index in [4.69, 9.17) is 9.47 Å². The third-order valence-corrected chi connectivity index (χ3v) is 6.47. The summed E-state index contributed by atoms with van der Waals surface area (Å²) in [6.45, 7) is 1.95. The Kier molecular flexibility index (Phi) is 4.59. The highest BCUT2D eigenvalue weighted by molar-refractivity contribution is 7.85. The van der Waals surface area contributed by atoms with Crippen LogP contribution in [0.2, 0.25) is 0 Å². The van der Waals surface area contributed by atoms with E-state index in [1.807, 2.05) is 6.92 Å². The van der Waals surface area contributed by atoms with Crippen LogP contribution in [0.1, 0.15) is 34.9 Å². The first kappa shape index (κ1) is 17.9. The Morgan fingerprint density at radius 2 is 2.11 bits per heavy atom. The van der Waals surface area contributed by atoms with Crippen molar-refractivity contribution in [2.24, 2.45) is 0 Å². The molecule has 2 aromatic heterocycles. The van der Waals surface area contributed by atoms with E-state index in [2.05, 4.69) is 15.0 Å². The lowest BCUT2D eigenvalue weighted by molar-refractivity contribution is 0.387. The number of ether oxygens (including phenoxy) is 2. The first-order valence-electron chi connectivity index (χ1n) is 8.69. The van der Waals surface area contributed by atoms with Crippen molar-refractivity contribution in [2.75, 3.05) is 14.2 Å². The molecule has 4 rings (SSSR count). The molecule has 0 fully saturated rings. The number of hydrogen-bond acceptors (Lipinski definition) is 5. The molecule has 1 aromatic carbocycles. The number of nitrogens with zero attached hydrogens (tertiary/aromatic N) is 2. The molecule has 6 nitrogen and oxygen atoms in total. The number of aryl methyl sites for hydroxylation is 1. The molecule has 0 bridgehead atoms. The summed E-state index contributed by atoms with van der Waals surface area (Å²) in [6.07, 6.45) is 4.25. The van der Waals surface area contributed by atoms with Crippen molar-refractivity contribution >= 4 is 21.8 Å². The quantitative estimate of drug-likeness (QED) is 0.738. The standard InChI is InChI=1S/C19H20FN3O3S/c1-10-9-21-17-11(18(10)26-3)5-4-6-16(17)27(24)19-22-13-7-12(20)15(25-2)8-14(13)23-19/h7-9,16H,4-6H2,1-3H3,(H,22,23). The first-order valence-corrected chi connectivity index (χ1v) is 9.91. The number of rotatable bonds is 4. The van der Waals surface area contributed by atoms with Crippen LogP contribution in [0.3, 0.4) is 0 Å². The highest BCUT2D eigenvalue weighted by Gasteiger charge is 2.31. The summed E-state index contributed by atoms with van der Waals surface area (Å²) in [5, 5.41) is 0.0346. The average Bonchev–Trinajstić information content (AvgIpc) is 3.08. The molecule has 0 saturated carbocycles. The van der Waals surface area contributed by atoms with Gasteiger partial charge in [0, 0.05) is 29.5 Å². The molecule has 2 unspecified atom stereocenters. The lowest BCUT2D eigenvalue weighted by Crippen LogP contribution is -2.18. The second-order valence-electron chi connectivity index (χ2n) is 6.56. The molecule has 2 atom stereocenters. The van der Waals surface area contributed by atoms with E-state index >= 15 is 0 Å². The zero-order chi connectivity index (χ0) is 19.1. The van der Waals surface area contributed by atoms with Gasteiger partial charge in [-0.25, -0.2) is 9.37 Å². The van der Waals surface area contributed by atoms with Crippen LogP contribution in [0.5, 0.6) is 11.5 Å². The van der Waals surface area contributed by atoms with E-state index < -0.39 is 16.6 Å². The van der Waals surface area contributed by atoms with Crippen molar-refractivity contribution < 1.29 is 18.1 Å². The number of aromatic amines is 1. The molecule has 0 amide bonds. The Balaban J connectivity index is 1.75. The molecular formula is C19H20FN3O3S. The van der Waals surface area contributed by atoms with Crippen LogP contribution in [0, 0.1) is 12.7 Å². The fourth-order valence-electron chi connectivity index (χ4n) is 3.64. The van der Waals surface area contributed by atoms with Crippen LogP contribution in [-0.4, -0.2) is 33.4 Å². The summed E-state index contributed by atoms with van der Waals surface area (Å²) < 4.78 is 37.7. The summed E-state index contributed by atoms with van der Waals surface area (Å²) in [4.78, 5) is 12.0. The molecule has 0 aliphatic heterocycles. The largest absolute Gasteiger partial charge is 0.496 e. The zero-order valence-electron chi connectivity index (χ0n) is 15.3. The number of pyridine rings is 1. The smallest absolute Gasteiger partial charge is 0.198 e. The molecule has 27 heavy (non-hydrogen) atoms. The molecular weight excluding hydrogens is 369 g/mol. The van der Waals surface area contributed by atoms with Gasteiger partial charge < -0.3 is 14.5 Å². The van der Waals surface area contributed by atoms with Gasteiger partial charge in [0.25, 0.3) is 0 Å². The van der Waals surface area contributed by atoms with Crippen LogP contribution in [0.4, 0.5) is 4.39 Å². The number of benzene rings is 1. The molecule has 142 valence electrons. The van der Waals surface area contributed by atoms with Crippen molar-refractivity contribution in [1.82, 2.24) is 15.0 Å². The number of nitrogens with one attached hydrogen (secondary N) is 1. The summed E-state index contributed by atoms with van der Waals surface area (Å²) >= 11 is 0. The van der Waals surface area contributed by atoms with Crippen LogP contribution in [-0.2, 0) is 17.2 Å². The number of H-pyrrole nitrogens is 1. The van der Waals surface area contributed by atoms with Gasteiger partial charge in [0.15, 0.2) is 16.7 Å². The molecule has 0 spiro atoms. The van der Waals surface area contributed by atoms with Crippen molar-refractivity contribution in [1.29, 1.82) is 0 Å². The second-order valence-corrected chi connectivity index (χ2v) is 8.11. The fraction of sp³-hybridized carbons (Fsp3) is 0.368. The van der Waals surface area contributed by atoms with Crippen LogP contribution >= 0.6 is 0 Å². The topological polar surface area (TPSA) is 77.1 Å². The lowest BCUT2D eigenvalue weighted by atomic mass is 9.93. The molecule has 3 aromatic rings. The van der Waals surface area contributed by atoms with Crippen LogP contribution in [0.25, 0.3) is 11.0 Å². The maximum absolute atomic E-state index is 13.9. The average molecular weight is 389 g/mol. The predicted molar refractivity (Wildman–Crippen MR) is 100 cm³/mol. The van der Waals surface area contributed by atoms with E-state index in [9.17, 15) is 8.60 Å². The number of imidazole rings is 1. The third kappa shape index (κ3) is 2.97. The van der Waals surface area contributed by atoms with Gasteiger partial charge in [0.2, 0.25) is 0 Å². The molecule has 0 saturated heterocycles. The zero-order valence-corrected chi connectivity index (χ0v) is 16.2. The van der Waals surface area contributed by atoms with Crippen molar-refractivity contribution in [3.63, 3.8) is 0 Å². The van der Waals surface area contributed by atoms with Crippen molar-refractivity contribution in [2.45, 2.75) is 36.6 Å². The van der Waals surface area contributed by atoms with Gasteiger partial charge in [-0.05, 0) is 26.2 Å². The van der Waals surface area contributed by atoms with E-state index in [0.29, 0.717) is 16.2 Å². The Morgan fingerprint density at radius 3 is 2.85 bits per heavy atom. The lowest BCUT2D eigenvalue weighted by Gasteiger charge is -2.25. The highest BCUT2D eigenvalue weighted by atomic mass is 32.2. The maximum Gasteiger partial charge on any atom is 0.198 e. The van der Waals surface area contributed by atoms with E-state index in [0.717, 1.165) is 41.8 Å². The SMILES string of the molecule is COc1cc2nc(S(=O)C3CCCc4c3ncc(C)c4OC)[nH]c2cc1F. The monoisotopic (exact) mass is 389 g/mol. The van der Waals surface area contributed by atoms with E-state index in [1.54, 1.807) is 13.3 Å². The Bertz CT molecular complexity index is 1050. The minimum absolute atomic E-state index is 0.108. The number of aromatic nitrogens is 3.